The van der Waals surface area contributed by atoms with Crippen LogP contribution in [-0.4, -0.2) is 42.3 Å². The van der Waals surface area contributed by atoms with Crippen molar-refractivity contribution in [3.05, 3.63) is 74.8 Å². The quantitative estimate of drug-likeness (QED) is 0.827. The molecular weight excluding hydrogens is 387 g/mol. The Bertz CT molecular complexity index is 1100. The number of hydrogen-bond donors (Lipinski definition) is 1. The Hall–Kier alpha value is -3.15. The van der Waals surface area contributed by atoms with E-state index in [0.717, 1.165) is 18.8 Å². The van der Waals surface area contributed by atoms with Gasteiger partial charge in [-0.05, 0) is 24.6 Å². The molecule has 0 spiro atoms. The number of allylic oxidation sites excluding steroid dienone is 1. The zero-order valence-corrected chi connectivity index (χ0v) is 16.7. The molecule has 1 aromatic heterocycles. The molecule has 3 heterocycles. The average Bonchev–Trinajstić information content (AvgIpc) is 2.73. The maximum atomic E-state index is 13.9. The maximum Gasteiger partial charge on any atom is 0.258 e. The average molecular weight is 410 g/mol. The molecule has 7 nitrogen and oxygen atoms in total. The number of nitrogens with two attached hydrogens (primary N) is 1. The Morgan fingerprint density at radius 2 is 2.03 bits per heavy atom. The Balaban J connectivity index is 1.78. The minimum absolute atomic E-state index is 0.0656. The minimum atomic E-state index is -0.780. The highest BCUT2D eigenvalue weighted by molar-refractivity contribution is 5.55. The van der Waals surface area contributed by atoms with Crippen LogP contribution < -0.4 is 16.0 Å². The number of rotatable bonds is 4. The van der Waals surface area contributed by atoms with Gasteiger partial charge in [-0.2, -0.15) is 5.26 Å². The standard InChI is InChI=1S/C22H23FN4O3/c1-14-11-18-20(22(28)27(14)6-5-26-7-9-29-10-8-26)19(17(13-24)21(25)30-18)15-3-2-4-16(23)12-15/h2-4,11-12,19H,5-10,25H2,1H3/t19-/m0/s1. The molecule has 2 N–H and O–H groups in total. The van der Waals surface area contributed by atoms with Crippen molar-refractivity contribution in [3.8, 4) is 11.8 Å². The fourth-order valence-electron chi connectivity index (χ4n) is 4.05. The lowest BCUT2D eigenvalue weighted by Gasteiger charge is -2.29. The molecular formula is C22H23FN4O3. The highest BCUT2D eigenvalue weighted by Gasteiger charge is 2.34. The van der Waals surface area contributed by atoms with E-state index in [2.05, 4.69) is 4.90 Å². The first kappa shape index (κ1) is 20.1. The van der Waals surface area contributed by atoms with Crippen molar-refractivity contribution in [2.24, 2.45) is 5.73 Å². The van der Waals surface area contributed by atoms with Gasteiger partial charge in [-0.3, -0.25) is 9.69 Å². The molecule has 2 aromatic rings. The molecule has 0 unspecified atom stereocenters. The van der Waals surface area contributed by atoms with E-state index in [4.69, 9.17) is 15.2 Å². The third kappa shape index (κ3) is 3.70. The molecule has 0 saturated carbocycles. The molecule has 1 atom stereocenters. The summed E-state index contributed by atoms with van der Waals surface area (Å²) in [6, 6.07) is 9.67. The van der Waals surface area contributed by atoms with Crippen molar-refractivity contribution < 1.29 is 13.9 Å². The normalized spacial score (nSPS) is 19.2. The van der Waals surface area contributed by atoms with Crippen molar-refractivity contribution in [1.29, 1.82) is 5.26 Å². The van der Waals surface area contributed by atoms with Crippen LogP contribution in [0.25, 0.3) is 0 Å². The van der Waals surface area contributed by atoms with Crippen molar-refractivity contribution >= 4 is 0 Å². The number of ether oxygens (including phenoxy) is 2. The molecule has 1 fully saturated rings. The van der Waals surface area contributed by atoms with Crippen LogP contribution in [0.3, 0.4) is 0 Å². The van der Waals surface area contributed by atoms with Crippen LogP contribution in [0.1, 0.15) is 22.7 Å². The SMILES string of the molecule is Cc1cc2c(c(=O)n1CCN1CCOCC1)[C@@H](c1cccc(F)c1)C(C#N)=C(N)O2. The van der Waals surface area contributed by atoms with Gasteiger partial charge >= 0.3 is 0 Å². The van der Waals surface area contributed by atoms with Crippen LogP contribution in [0.2, 0.25) is 0 Å². The highest BCUT2D eigenvalue weighted by atomic mass is 19.1. The number of nitrogens with zero attached hydrogens (tertiary/aromatic N) is 3. The monoisotopic (exact) mass is 410 g/mol. The van der Waals surface area contributed by atoms with Gasteiger partial charge in [-0.15, -0.1) is 0 Å². The number of halogens is 1. The molecule has 0 amide bonds. The zero-order valence-electron chi connectivity index (χ0n) is 16.7. The smallest absolute Gasteiger partial charge is 0.258 e. The lowest BCUT2D eigenvalue weighted by Crippen LogP contribution is -2.40. The Labute approximate surface area is 173 Å². The fourth-order valence-corrected chi connectivity index (χ4v) is 4.05. The minimum Gasteiger partial charge on any atom is -0.440 e. The van der Waals surface area contributed by atoms with E-state index in [0.29, 0.717) is 43.2 Å². The summed E-state index contributed by atoms with van der Waals surface area (Å²) >= 11 is 0. The van der Waals surface area contributed by atoms with E-state index >= 15 is 0 Å². The molecule has 0 radical (unpaired) electrons. The number of hydrogen-bond acceptors (Lipinski definition) is 6. The van der Waals surface area contributed by atoms with E-state index < -0.39 is 11.7 Å². The number of morpholine rings is 1. The molecule has 1 aromatic carbocycles. The van der Waals surface area contributed by atoms with E-state index in [1.54, 1.807) is 22.8 Å². The van der Waals surface area contributed by atoms with E-state index in [1.807, 2.05) is 13.0 Å². The predicted molar refractivity (Wildman–Crippen MR) is 108 cm³/mol. The molecule has 30 heavy (non-hydrogen) atoms. The van der Waals surface area contributed by atoms with Crippen molar-refractivity contribution in [2.45, 2.75) is 19.4 Å². The first-order valence-electron chi connectivity index (χ1n) is 9.87. The topological polar surface area (TPSA) is 93.5 Å². The van der Waals surface area contributed by atoms with E-state index in [1.165, 1.54) is 12.1 Å². The second kappa shape index (κ2) is 8.30. The summed E-state index contributed by atoms with van der Waals surface area (Å²) in [4.78, 5) is 15.8. The van der Waals surface area contributed by atoms with Gasteiger partial charge in [0.15, 0.2) is 0 Å². The van der Waals surface area contributed by atoms with Gasteiger partial charge in [0.1, 0.15) is 23.2 Å². The summed E-state index contributed by atoms with van der Waals surface area (Å²) in [5.74, 6) is -0.983. The Morgan fingerprint density at radius 3 is 2.73 bits per heavy atom. The third-order valence-corrected chi connectivity index (χ3v) is 5.62. The second-order valence-electron chi connectivity index (χ2n) is 7.45. The fraction of sp³-hybridized carbons (Fsp3) is 0.364. The molecule has 4 rings (SSSR count). The van der Waals surface area contributed by atoms with Crippen LogP contribution in [0.4, 0.5) is 4.39 Å². The van der Waals surface area contributed by atoms with Crippen LogP contribution >= 0.6 is 0 Å². The van der Waals surface area contributed by atoms with Gasteiger partial charge in [0, 0.05) is 37.9 Å². The van der Waals surface area contributed by atoms with Gasteiger partial charge in [0.05, 0.1) is 24.7 Å². The molecule has 2 aliphatic rings. The molecule has 0 bridgehead atoms. The van der Waals surface area contributed by atoms with Crippen LogP contribution in [-0.2, 0) is 11.3 Å². The first-order chi connectivity index (χ1) is 14.5. The van der Waals surface area contributed by atoms with Gasteiger partial charge < -0.3 is 19.8 Å². The van der Waals surface area contributed by atoms with Crippen molar-refractivity contribution in [2.75, 3.05) is 32.8 Å². The summed E-state index contributed by atoms with van der Waals surface area (Å²) in [5.41, 5.74) is 7.35. The number of nitriles is 1. The lowest BCUT2D eigenvalue weighted by atomic mass is 9.84. The van der Waals surface area contributed by atoms with Crippen LogP contribution in [0.15, 0.2) is 46.6 Å². The zero-order chi connectivity index (χ0) is 21.3. The van der Waals surface area contributed by atoms with E-state index in [9.17, 15) is 14.4 Å². The van der Waals surface area contributed by atoms with Crippen molar-refractivity contribution in [3.63, 3.8) is 0 Å². The number of pyridine rings is 1. The van der Waals surface area contributed by atoms with Crippen LogP contribution in [0.5, 0.6) is 5.75 Å². The van der Waals surface area contributed by atoms with Gasteiger partial charge in [0.2, 0.25) is 5.88 Å². The summed E-state index contributed by atoms with van der Waals surface area (Å²) < 4.78 is 26.6. The number of aryl methyl sites for hydroxylation is 1. The highest BCUT2D eigenvalue weighted by Crippen LogP contribution is 2.40. The molecule has 8 heteroatoms. The molecule has 1 saturated heterocycles. The van der Waals surface area contributed by atoms with Gasteiger partial charge in [-0.1, -0.05) is 12.1 Å². The number of aromatic nitrogens is 1. The summed E-state index contributed by atoms with van der Waals surface area (Å²) in [7, 11) is 0. The number of benzene rings is 1. The second-order valence-corrected chi connectivity index (χ2v) is 7.45. The van der Waals surface area contributed by atoms with Crippen LogP contribution in [0, 0.1) is 24.1 Å². The lowest BCUT2D eigenvalue weighted by molar-refractivity contribution is 0.0362. The first-order valence-corrected chi connectivity index (χ1v) is 9.87. The van der Waals surface area contributed by atoms with Gasteiger partial charge in [-0.25, -0.2) is 4.39 Å². The largest absolute Gasteiger partial charge is 0.440 e. The summed E-state index contributed by atoms with van der Waals surface area (Å²) in [6.45, 7) is 6.05. The van der Waals surface area contributed by atoms with Gasteiger partial charge in [0.25, 0.3) is 5.56 Å². The number of fused-ring (bicyclic) bond motifs is 1. The predicted octanol–water partition coefficient (Wildman–Crippen LogP) is 1.85. The molecule has 156 valence electrons. The Kier molecular flexibility index (Phi) is 5.57. The molecule has 2 aliphatic heterocycles. The maximum absolute atomic E-state index is 13.9. The summed E-state index contributed by atoms with van der Waals surface area (Å²) in [5, 5.41) is 9.69. The summed E-state index contributed by atoms with van der Waals surface area (Å²) in [6.07, 6.45) is 0. The van der Waals surface area contributed by atoms with E-state index in [-0.39, 0.29) is 17.0 Å². The molecule has 0 aliphatic carbocycles. The Morgan fingerprint density at radius 1 is 1.27 bits per heavy atom. The van der Waals surface area contributed by atoms with Crippen molar-refractivity contribution in [1.82, 2.24) is 9.47 Å². The third-order valence-electron chi connectivity index (χ3n) is 5.62.